The van der Waals surface area contributed by atoms with Crippen LogP contribution in [-0.2, 0) is 0 Å². The van der Waals surface area contributed by atoms with E-state index < -0.39 is 0 Å². The molecular weight excluding hydrogens is 238 g/mol. The van der Waals surface area contributed by atoms with Crippen LogP contribution in [0.5, 0.6) is 5.88 Å². The Hall–Kier alpha value is -1.45. The SMILES string of the molecule is CCOc1nc(NCC(C2CC2)C2CC2)ccc1N. The maximum atomic E-state index is 5.83. The van der Waals surface area contributed by atoms with Gasteiger partial charge in [0.2, 0.25) is 5.88 Å². The van der Waals surface area contributed by atoms with Gasteiger partial charge in [0.15, 0.2) is 0 Å². The Bertz CT molecular complexity index is 429. The highest BCUT2D eigenvalue weighted by Crippen LogP contribution is 2.49. The second-order valence-electron chi connectivity index (χ2n) is 5.74. The van der Waals surface area contributed by atoms with E-state index in [1.54, 1.807) is 0 Å². The molecule has 2 aliphatic rings. The first kappa shape index (κ1) is 12.6. The summed E-state index contributed by atoms with van der Waals surface area (Å²) in [6.45, 7) is 3.57. The summed E-state index contributed by atoms with van der Waals surface area (Å²) in [5, 5.41) is 3.47. The molecule has 1 aromatic rings. The van der Waals surface area contributed by atoms with Crippen LogP contribution in [-0.4, -0.2) is 18.1 Å². The maximum absolute atomic E-state index is 5.83. The van der Waals surface area contributed by atoms with Crippen LogP contribution in [0, 0.1) is 17.8 Å². The Labute approximate surface area is 114 Å². The van der Waals surface area contributed by atoms with Crippen molar-refractivity contribution in [2.45, 2.75) is 32.6 Å². The van der Waals surface area contributed by atoms with Crippen LogP contribution in [0.4, 0.5) is 11.5 Å². The third-order valence-corrected chi connectivity index (χ3v) is 4.14. The highest BCUT2D eigenvalue weighted by atomic mass is 16.5. The van der Waals surface area contributed by atoms with Crippen molar-refractivity contribution in [3.05, 3.63) is 12.1 Å². The molecule has 0 aromatic carbocycles. The molecular formula is C15H23N3O. The smallest absolute Gasteiger partial charge is 0.239 e. The molecule has 104 valence electrons. The van der Waals surface area contributed by atoms with E-state index in [9.17, 15) is 0 Å². The number of rotatable bonds is 7. The third kappa shape index (κ3) is 3.11. The number of nitrogen functional groups attached to an aromatic ring is 1. The lowest BCUT2D eigenvalue weighted by atomic mass is 9.98. The van der Waals surface area contributed by atoms with Crippen LogP contribution in [0.25, 0.3) is 0 Å². The first-order valence-electron chi connectivity index (χ1n) is 7.41. The van der Waals surface area contributed by atoms with Crippen molar-refractivity contribution in [2.75, 3.05) is 24.2 Å². The second kappa shape index (κ2) is 5.27. The molecule has 19 heavy (non-hydrogen) atoms. The number of anilines is 2. The molecule has 0 radical (unpaired) electrons. The van der Waals surface area contributed by atoms with Gasteiger partial charge in [0.25, 0.3) is 0 Å². The summed E-state index contributed by atoms with van der Waals surface area (Å²) in [6, 6.07) is 3.80. The van der Waals surface area contributed by atoms with Crippen molar-refractivity contribution in [1.29, 1.82) is 0 Å². The Balaban J connectivity index is 1.60. The van der Waals surface area contributed by atoms with Gasteiger partial charge in [-0.25, -0.2) is 0 Å². The summed E-state index contributed by atoms with van der Waals surface area (Å²) in [6.07, 6.45) is 5.68. The van der Waals surface area contributed by atoms with Crippen LogP contribution in [0.15, 0.2) is 12.1 Å². The number of nitrogens with zero attached hydrogens (tertiary/aromatic N) is 1. The highest BCUT2D eigenvalue weighted by molar-refractivity contribution is 5.53. The monoisotopic (exact) mass is 261 g/mol. The quantitative estimate of drug-likeness (QED) is 0.792. The Morgan fingerprint density at radius 2 is 2.00 bits per heavy atom. The summed E-state index contributed by atoms with van der Waals surface area (Å²) in [4.78, 5) is 4.44. The van der Waals surface area contributed by atoms with Gasteiger partial charge in [-0.2, -0.15) is 4.98 Å². The van der Waals surface area contributed by atoms with Crippen molar-refractivity contribution >= 4 is 11.5 Å². The number of hydrogen-bond donors (Lipinski definition) is 2. The number of nitrogens with one attached hydrogen (secondary N) is 1. The minimum absolute atomic E-state index is 0.543. The maximum Gasteiger partial charge on any atom is 0.239 e. The van der Waals surface area contributed by atoms with Crippen molar-refractivity contribution in [1.82, 2.24) is 4.98 Å². The van der Waals surface area contributed by atoms with Crippen molar-refractivity contribution in [3.8, 4) is 5.88 Å². The summed E-state index contributed by atoms with van der Waals surface area (Å²) < 4.78 is 5.43. The molecule has 0 aliphatic heterocycles. The standard InChI is InChI=1S/C15H23N3O/c1-2-19-15-13(16)7-8-14(18-15)17-9-12(10-3-4-10)11-5-6-11/h7-8,10-12H,2-6,9,16H2,1H3,(H,17,18). The van der Waals surface area contributed by atoms with E-state index in [-0.39, 0.29) is 0 Å². The van der Waals surface area contributed by atoms with Gasteiger partial charge in [-0.3, -0.25) is 0 Å². The lowest BCUT2D eigenvalue weighted by Gasteiger charge is -2.17. The molecule has 0 atom stereocenters. The zero-order valence-electron chi connectivity index (χ0n) is 11.6. The molecule has 2 saturated carbocycles. The highest BCUT2D eigenvalue weighted by Gasteiger charge is 2.41. The molecule has 3 N–H and O–H groups in total. The largest absolute Gasteiger partial charge is 0.476 e. The zero-order valence-corrected chi connectivity index (χ0v) is 11.6. The summed E-state index contributed by atoms with van der Waals surface area (Å²) >= 11 is 0. The van der Waals surface area contributed by atoms with Gasteiger partial charge in [0, 0.05) is 6.54 Å². The second-order valence-corrected chi connectivity index (χ2v) is 5.74. The first-order valence-corrected chi connectivity index (χ1v) is 7.41. The van der Waals surface area contributed by atoms with Gasteiger partial charge in [0.1, 0.15) is 5.82 Å². The molecule has 4 heteroatoms. The summed E-state index contributed by atoms with van der Waals surface area (Å²) in [5.41, 5.74) is 6.44. The Morgan fingerprint density at radius 1 is 1.32 bits per heavy atom. The van der Waals surface area contributed by atoms with Crippen molar-refractivity contribution in [2.24, 2.45) is 17.8 Å². The van der Waals surface area contributed by atoms with Gasteiger partial charge in [-0.05, 0) is 62.5 Å². The average Bonchev–Trinajstić information content (AvgIpc) is 3.27. The van der Waals surface area contributed by atoms with Crippen LogP contribution < -0.4 is 15.8 Å². The molecule has 0 unspecified atom stereocenters. The van der Waals surface area contributed by atoms with E-state index in [4.69, 9.17) is 10.5 Å². The molecule has 1 aromatic heterocycles. The van der Waals surface area contributed by atoms with E-state index in [1.807, 2.05) is 19.1 Å². The van der Waals surface area contributed by atoms with Crippen LogP contribution in [0.1, 0.15) is 32.6 Å². The van der Waals surface area contributed by atoms with Gasteiger partial charge >= 0.3 is 0 Å². The van der Waals surface area contributed by atoms with Crippen LogP contribution in [0.3, 0.4) is 0 Å². The van der Waals surface area contributed by atoms with Crippen molar-refractivity contribution in [3.63, 3.8) is 0 Å². The predicted octanol–water partition coefficient (Wildman–Crippen LogP) is 2.91. The van der Waals surface area contributed by atoms with Gasteiger partial charge in [0.05, 0.1) is 12.3 Å². The molecule has 4 nitrogen and oxygen atoms in total. The molecule has 0 spiro atoms. The fourth-order valence-electron chi connectivity index (χ4n) is 2.79. The van der Waals surface area contributed by atoms with Crippen LogP contribution >= 0.6 is 0 Å². The first-order chi connectivity index (χ1) is 9.28. The summed E-state index contributed by atoms with van der Waals surface area (Å²) in [7, 11) is 0. The molecule has 3 rings (SSSR count). The lowest BCUT2D eigenvalue weighted by Crippen LogP contribution is -2.19. The number of aromatic nitrogens is 1. The van der Waals surface area contributed by atoms with Gasteiger partial charge in [-0.1, -0.05) is 0 Å². The molecule has 0 amide bonds. The van der Waals surface area contributed by atoms with Gasteiger partial charge in [-0.15, -0.1) is 0 Å². The third-order valence-electron chi connectivity index (χ3n) is 4.14. The minimum Gasteiger partial charge on any atom is -0.476 e. The zero-order chi connectivity index (χ0) is 13.2. The van der Waals surface area contributed by atoms with E-state index >= 15 is 0 Å². The lowest BCUT2D eigenvalue weighted by molar-refractivity contribution is 0.329. The minimum atomic E-state index is 0.543. The average molecular weight is 261 g/mol. The Kier molecular flexibility index (Phi) is 3.49. The van der Waals surface area contributed by atoms with E-state index in [1.165, 1.54) is 25.7 Å². The van der Waals surface area contributed by atoms with E-state index in [0.717, 1.165) is 30.1 Å². The van der Waals surface area contributed by atoms with E-state index in [0.29, 0.717) is 18.2 Å². The number of ether oxygens (including phenoxy) is 1. The number of hydrogen-bond acceptors (Lipinski definition) is 4. The molecule has 1 heterocycles. The van der Waals surface area contributed by atoms with E-state index in [2.05, 4.69) is 10.3 Å². The molecule has 0 saturated heterocycles. The predicted molar refractivity (Wildman–Crippen MR) is 77.2 cm³/mol. The van der Waals surface area contributed by atoms with Crippen LogP contribution in [0.2, 0.25) is 0 Å². The summed E-state index contributed by atoms with van der Waals surface area (Å²) in [5.74, 6) is 4.18. The molecule has 2 fully saturated rings. The molecule has 2 aliphatic carbocycles. The van der Waals surface area contributed by atoms with Gasteiger partial charge < -0.3 is 15.8 Å². The number of pyridine rings is 1. The topological polar surface area (TPSA) is 60.2 Å². The normalized spacial score (nSPS) is 18.6. The fraction of sp³-hybridized carbons (Fsp3) is 0.667. The number of nitrogens with two attached hydrogens (primary N) is 1. The molecule has 0 bridgehead atoms. The fourth-order valence-corrected chi connectivity index (χ4v) is 2.79. The Morgan fingerprint density at radius 3 is 2.58 bits per heavy atom. The van der Waals surface area contributed by atoms with Crippen molar-refractivity contribution < 1.29 is 4.74 Å².